The van der Waals surface area contributed by atoms with Gasteiger partial charge in [-0.1, -0.05) is 12.2 Å². The third-order valence-electron chi connectivity index (χ3n) is 8.82. The molecule has 188 valence electrons. The molecule has 7 atom stereocenters. The fraction of sp³-hybridized carbons (Fsp3) is 0.379. The molecule has 2 saturated heterocycles. The van der Waals surface area contributed by atoms with E-state index in [0.29, 0.717) is 34.7 Å². The molecular weight excluding hydrogens is 472 g/mol. The molecule has 0 unspecified atom stereocenters. The van der Waals surface area contributed by atoms with Crippen LogP contribution in [0.4, 0.5) is 11.4 Å². The van der Waals surface area contributed by atoms with Crippen LogP contribution < -0.4 is 19.3 Å². The minimum Gasteiger partial charge on any atom is -0.497 e. The summed E-state index contributed by atoms with van der Waals surface area (Å²) in [5.41, 5.74) is 1.20. The second-order valence-electron chi connectivity index (χ2n) is 10.7. The summed E-state index contributed by atoms with van der Waals surface area (Å²) in [5, 5.41) is 0. The molecule has 6 aliphatic rings. The molecule has 2 aromatic rings. The number of anilines is 2. The van der Waals surface area contributed by atoms with Crippen molar-refractivity contribution in [3.8, 4) is 11.5 Å². The maximum Gasteiger partial charge on any atom is 0.316 e. The van der Waals surface area contributed by atoms with Gasteiger partial charge in [0, 0.05) is 18.7 Å². The number of esters is 1. The van der Waals surface area contributed by atoms with E-state index >= 15 is 0 Å². The van der Waals surface area contributed by atoms with E-state index in [-0.39, 0.29) is 54.4 Å². The topological polar surface area (TPSA) is 93.2 Å². The molecule has 0 aromatic heterocycles. The highest BCUT2D eigenvalue weighted by atomic mass is 16.5. The van der Waals surface area contributed by atoms with Crippen molar-refractivity contribution in [2.24, 2.45) is 41.4 Å². The summed E-state index contributed by atoms with van der Waals surface area (Å²) < 4.78 is 10.7. The molecule has 3 amide bonds. The van der Waals surface area contributed by atoms with Crippen molar-refractivity contribution >= 4 is 35.1 Å². The standard InChI is InChI=1S/C29H26N2O6/c1-36-18-6-2-16(3-7-18)30-14-15(12-24(30)32)29(35)37-19-8-4-17(5-9-19)31-27(33)25-20-10-11-21(23-13-22(20)23)26(25)28(31)34/h2-11,15,20-23,25-26H,12-14H2,1H3/t15-,20+,21+,22+,23+,25-,26-/m1/s1. The maximum absolute atomic E-state index is 13.3. The predicted molar refractivity (Wildman–Crippen MR) is 133 cm³/mol. The van der Waals surface area contributed by atoms with Crippen LogP contribution in [-0.4, -0.2) is 37.3 Å². The summed E-state index contributed by atoms with van der Waals surface area (Å²) in [6.45, 7) is 0.236. The van der Waals surface area contributed by atoms with Crippen LogP contribution in [0.1, 0.15) is 12.8 Å². The summed E-state index contributed by atoms with van der Waals surface area (Å²) in [6, 6.07) is 13.6. The Kier molecular flexibility index (Phi) is 4.83. The van der Waals surface area contributed by atoms with Crippen molar-refractivity contribution in [2.45, 2.75) is 12.8 Å². The fourth-order valence-electron chi connectivity index (χ4n) is 6.95. The van der Waals surface area contributed by atoms with E-state index in [1.54, 1.807) is 60.5 Å². The molecule has 2 saturated carbocycles. The van der Waals surface area contributed by atoms with Gasteiger partial charge >= 0.3 is 5.97 Å². The zero-order valence-electron chi connectivity index (χ0n) is 20.3. The molecule has 8 rings (SSSR count). The number of amides is 3. The van der Waals surface area contributed by atoms with Crippen molar-refractivity contribution in [1.29, 1.82) is 0 Å². The summed E-state index contributed by atoms with van der Waals surface area (Å²) in [6.07, 6.45) is 5.50. The van der Waals surface area contributed by atoms with Crippen LogP contribution in [0.5, 0.6) is 11.5 Å². The van der Waals surface area contributed by atoms with E-state index in [0.717, 1.165) is 6.42 Å². The Morgan fingerprint density at radius 2 is 1.38 bits per heavy atom. The minimum atomic E-state index is -0.589. The largest absolute Gasteiger partial charge is 0.497 e. The number of ether oxygens (including phenoxy) is 2. The number of imide groups is 1. The van der Waals surface area contributed by atoms with Gasteiger partial charge in [0.25, 0.3) is 0 Å². The lowest BCUT2D eigenvalue weighted by molar-refractivity contribution is -0.139. The Morgan fingerprint density at radius 1 is 0.811 bits per heavy atom. The maximum atomic E-state index is 13.3. The average molecular weight is 499 g/mol. The number of hydrogen-bond acceptors (Lipinski definition) is 6. The molecule has 2 heterocycles. The average Bonchev–Trinajstić information content (AvgIpc) is 3.60. The number of hydrogen-bond donors (Lipinski definition) is 0. The van der Waals surface area contributed by atoms with Crippen LogP contribution >= 0.6 is 0 Å². The quantitative estimate of drug-likeness (QED) is 0.272. The highest BCUT2D eigenvalue weighted by Gasteiger charge is 2.67. The lowest BCUT2D eigenvalue weighted by Gasteiger charge is -2.37. The third-order valence-corrected chi connectivity index (χ3v) is 8.82. The van der Waals surface area contributed by atoms with Gasteiger partial charge in [0.15, 0.2) is 0 Å². The van der Waals surface area contributed by atoms with E-state index < -0.39 is 11.9 Å². The van der Waals surface area contributed by atoms with Crippen LogP contribution in [0.3, 0.4) is 0 Å². The normalized spacial score (nSPS) is 33.0. The Hall–Kier alpha value is -3.94. The summed E-state index contributed by atoms with van der Waals surface area (Å²) in [5.74, 6) is 0.491. The number of nitrogens with zero attached hydrogens (tertiary/aromatic N) is 2. The molecule has 8 heteroatoms. The summed E-state index contributed by atoms with van der Waals surface area (Å²) in [7, 11) is 1.57. The first-order valence-corrected chi connectivity index (χ1v) is 12.8. The van der Waals surface area contributed by atoms with Gasteiger partial charge in [-0.15, -0.1) is 0 Å². The molecule has 8 nitrogen and oxygen atoms in total. The minimum absolute atomic E-state index is 0.0703. The second kappa shape index (κ2) is 8.03. The molecule has 0 radical (unpaired) electrons. The number of rotatable bonds is 5. The lowest BCUT2D eigenvalue weighted by Crippen LogP contribution is -2.40. The van der Waals surface area contributed by atoms with Crippen LogP contribution in [0.25, 0.3) is 0 Å². The van der Waals surface area contributed by atoms with Gasteiger partial charge < -0.3 is 14.4 Å². The Morgan fingerprint density at radius 3 is 1.97 bits per heavy atom. The highest BCUT2D eigenvalue weighted by Crippen LogP contribution is 2.65. The van der Waals surface area contributed by atoms with Crippen LogP contribution in [-0.2, 0) is 19.2 Å². The van der Waals surface area contributed by atoms with E-state index in [4.69, 9.17) is 9.47 Å². The van der Waals surface area contributed by atoms with E-state index in [2.05, 4.69) is 12.2 Å². The van der Waals surface area contributed by atoms with Gasteiger partial charge in [0.2, 0.25) is 17.7 Å². The summed E-state index contributed by atoms with van der Waals surface area (Å²) >= 11 is 0. The Labute approximate surface area is 213 Å². The van der Waals surface area contributed by atoms with E-state index in [1.807, 2.05) is 0 Å². The number of methoxy groups -OCH3 is 1. The molecule has 37 heavy (non-hydrogen) atoms. The Bertz CT molecular complexity index is 1310. The first-order chi connectivity index (χ1) is 17.9. The van der Waals surface area contributed by atoms with Crippen LogP contribution in [0.2, 0.25) is 0 Å². The van der Waals surface area contributed by atoms with E-state index in [9.17, 15) is 19.2 Å². The first kappa shape index (κ1) is 22.3. The van der Waals surface area contributed by atoms with Gasteiger partial charge in [-0.05, 0) is 78.6 Å². The van der Waals surface area contributed by atoms with Crippen LogP contribution in [0, 0.1) is 41.4 Å². The summed E-state index contributed by atoms with van der Waals surface area (Å²) in [4.78, 5) is 54.9. The van der Waals surface area contributed by atoms with Crippen molar-refractivity contribution in [3.05, 3.63) is 60.7 Å². The van der Waals surface area contributed by atoms with Crippen molar-refractivity contribution in [2.75, 3.05) is 23.5 Å². The molecule has 0 N–H and O–H groups in total. The predicted octanol–water partition coefficient (Wildman–Crippen LogP) is 3.21. The monoisotopic (exact) mass is 498 g/mol. The molecule has 4 aliphatic carbocycles. The fourth-order valence-corrected chi connectivity index (χ4v) is 6.95. The lowest BCUT2D eigenvalue weighted by atomic mass is 9.63. The van der Waals surface area contributed by atoms with Gasteiger partial charge in [0.05, 0.1) is 30.6 Å². The molecule has 4 fully saturated rings. The second-order valence-corrected chi connectivity index (χ2v) is 10.7. The molecule has 2 aliphatic heterocycles. The van der Waals surface area contributed by atoms with Crippen molar-refractivity contribution in [3.63, 3.8) is 0 Å². The van der Waals surface area contributed by atoms with Crippen LogP contribution in [0.15, 0.2) is 60.7 Å². The molecule has 2 bridgehead atoms. The third kappa shape index (κ3) is 3.35. The van der Waals surface area contributed by atoms with Gasteiger partial charge in [0.1, 0.15) is 11.5 Å². The zero-order valence-corrected chi connectivity index (χ0v) is 20.3. The van der Waals surface area contributed by atoms with Crippen molar-refractivity contribution in [1.82, 2.24) is 0 Å². The number of carbonyl (C=O) groups is 4. The zero-order chi connectivity index (χ0) is 25.4. The number of carbonyl (C=O) groups excluding carboxylic acids is 4. The molecular formula is C29H26N2O6. The smallest absolute Gasteiger partial charge is 0.316 e. The highest BCUT2D eigenvalue weighted by molar-refractivity contribution is 6.22. The number of allylic oxidation sites excluding steroid dienone is 2. The Balaban J connectivity index is 1.02. The molecule has 0 spiro atoms. The van der Waals surface area contributed by atoms with Crippen molar-refractivity contribution < 1.29 is 28.7 Å². The van der Waals surface area contributed by atoms with E-state index in [1.165, 1.54) is 4.90 Å². The van der Waals surface area contributed by atoms with Gasteiger partial charge in [-0.3, -0.25) is 24.1 Å². The first-order valence-electron chi connectivity index (χ1n) is 12.8. The number of benzene rings is 2. The SMILES string of the molecule is COc1ccc(N2C[C@H](C(=O)Oc3ccc(N4C(=O)[C@@H]5[C@H]6C=C[C@@H]([C@@H]7C[C@@H]67)[C@H]5C4=O)cc3)CC2=O)cc1. The van der Waals surface area contributed by atoms with Gasteiger partial charge in [-0.2, -0.15) is 0 Å². The molecule has 2 aromatic carbocycles. The van der Waals surface area contributed by atoms with Gasteiger partial charge in [-0.25, -0.2) is 0 Å².